The number of nitrogens with zero attached hydrogens (tertiary/aromatic N) is 1. The number of amides is 1. The molecule has 0 aliphatic heterocycles. The molecule has 0 radical (unpaired) electrons. The number of rotatable bonds is 5. The van der Waals surface area contributed by atoms with Gasteiger partial charge in [-0.2, -0.15) is 13.2 Å². The van der Waals surface area contributed by atoms with E-state index in [1.54, 1.807) is 0 Å². The maximum absolute atomic E-state index is 13.4. The van der Waals surface area contributed by atoms with E-state index in [2.05, 4.69) is 10.3 Å². The van der Waals surface area contributed by atoms with Gasteiger partial charge in [0.1, 0.15) is 0 Å². The summed E-state index contributed by atoms with van der Waals surface area (Å²) in [6, 6.07) is 7.01. The highest BCUT2D eigenvalue weighted by Crippen LogP contribution is 2.35. The Morgan fingerprint density at radius 1 is 1.32 bits per heavy atom. The normalized spacial score (nSPS) is 12.7. The molecule has 0 fully saturated rings. The molecule has 1 heterocycles. The van der Waals surface area contributed by atoms with Gasteiger partial charge in [0.2, 0.25) is 0 Å². The van der Waals surface area contributed by atoms with E-state index in [9.17, 15) is 18.0 Å². The van der Waals surface area contributed by atoms with Gasteiger partial charge in [-0.1, -0.05) is 25.4 Å². The van der Waals surface area contributed by atoms with Crippen LogP contribution in [-0.4, -0.2) is 16.1 Å². The number of thioether (sulfide) groups is 1. The van der Waals surface area contributed by atoms with Crippen LogP contribution in [0.15, 0.2) is 41.6 Å². The van der Waals surface area contributed by atoms with Crippen molar-refractivity contribution in [3.63, 3.8) is 0 Å². The molecular formula is C17H16ClF3N2OS. The first-order valence-corrected chi connectivity index (χ1v) is 8.77. The van der Waals surface area contributed by atoms with E-state index in [-0.39, 0.29) is 10.3 Å². The molecule has 3 nitrogen and oxygen atoms in total. The maximum atomic E-state index is 13.4. The number of nitrogens with one attached hydrogen (secondary N) is 1. The number of benzene rings is 1. The topological polar surface area (TPSA) is 42.0 Å². The lowest BCUT2D eigenvalue weighted by Crippen LogP contribution is -2.19. The molecular weight excluding hydrogens is 373 g/mol. The fourth-order valence-corrected chi connectivity index (χ4v) is 2.94. The minimum Gasteiger partial charge on any atom is -0.322 e. The van der Waals surface area contributed by atoms with Crippen LogP contribution in [0.1, 0.15) is 36.2 Å². The van der Waals surface area contributed by atoms with Gasteiger partial charge in [0.25, 0.3) is 5.91 Å². The number of alkyl halides is 3. The van der Waals surface area contributed by atoms with Crippen molar-refractivity contribution in [2.45, 2.75) is 36.7 Å². The van der Waals surface area contributed by atoms with Gasteiger partial charge in [0, 0.05) is 22.2 Å². The van der Waals surface area contributed by atoms with Crippen molar-refractivity contribution >= 4 is 35.0 Å². The molecule has 1 amide bonds. The molecule has 0 aliphatic rings. The fraction of sp³-hybridized carbons (Fsp3) is 0.294. The number of halogens is 4. The average molecular weight is 389 g/mol. The van der Waals surface area contributed by atoms with E-state index >= 15 is 0 Å². The summed E-state index contributed by atoms with van der Waals surface area (Å²) in [5.41, 5.74) is -1.17. The first kappa shape index (κ1) is 19.6. The van der Waals surface area contributed by atoms with Crippen molar-refractivity contribution < 1.29 is 18.0 Å². The molecule has 134 valence electrons. The monoisotopic (exact) mass is 388 g/mol. The van der Waals surface area contributed by atoms with E-state index in [1.807, 2.05) is 13.8 Å². The Kier molecular flexibility index (Phi) is 6.35. The molecule has 1 N–H and O–H groups in total. The van der Waals surface area contributed by atoms with Crippen molar-refractivity contribution in [3.8, 4) is 0 Å². The predicted molar refractivity (Wildman–Crippen MR) is 94.3 cm³/mol. The average Bonchev–Trinajstić information content (AvgIpc) is 2.56. The summed E-state index contributed by atoms with van der Waals surface area (Å²) in [4.78, 5) is 16.3. The van der Waals surface area contributed by atoms with Crippen molar-refractivity contribution in [2.75, 3.05) is 5.32 Å². The highest BCUT2D eigenvalue weighted by Gasteiger charge is 2.36. The summed E-state index contributed by atoms with van der Waals surface area (Å²) in [5, 5.41) is 3.25. The minimum atomic E-state index is -4.65. The van der Waals surface area contributed by atoms with E-state index < -0.39 is 23.2 Å². The molecule has 2 rings (SSSR count). The van der Waals surface area contributed by atoms with Crippen LogP contribution in [0, 0.1) is 0 Å². The lowest BCUT2D eigenvalue weighted by molar-refractivity contribution is -0.138. The third-order valence-corrected chi connectivity index (χ3v) is 4.88. The standard InChI is InChI=1S/C17H16ClF3N2OS/c1-3-10(2)25-15-8-14(17(19,20)21)13(9-22-15)16(24)23-12-6-4-11(18)5-7-12/h4-10H,3H2,1-2H3,(H,23,24)/t10-/m0/s1. The second-order valence-corrected chi connectivity index (χ2v) is 7.26. The van der Waals surface area contributed by atoms with Crippen molar-refractivity contribution in [2.24, 2.45) is 0 Å². The summed E-state index contributed by atoms with van der Waals surface area (Å²) in [5.74, 6) is -0.873. The summed E-state index contributed by atoms with van der Waals surface area (Å²) < 4.78 is 40.1. The number of aromatic nitrogens is 1. The molecule has 1 atom stereocenters. The van der Waals surface area contributed by atoms with Crippen LogP contribution in [-0.2, 0) is 6.18 Å². The zero-order valence-electron chi connectivity index (χ0n) is 13.5. The van der Waals surface area contributed by atoms with E-state index in [1.165, 1.54) is 36.0 Å². The van der Waals surface area contributed by atoms with Gasteiger partial charge in [0.15, 0.2) is 0 Å². The van der Waals surface area contributed by atoms with Gasteiger partial charge in [-0.25, -0.2) is 4.98 Å². The first-order chi connectivity index (χ1) is 11.7. The van der Waals surface area contributed by atoms with Gasteiger partial charge in [-0.15, -0.1) is 11.8 Å². The first-order valence-electron chi connectivity index (χ1n) is 7.51. The highest BCUT2D eigenvalue weighted by molar-refractivity contribution is 7.99. The minimum absolute atomic E-state index is 0.127. The summed E-state index contributed by atoms with van der Waals surface area (Å²) >= 11 is 6.99. The molecule has 0 saturated heterocycles. The van der Waals surface area contributed by atoms with Gasteiger partial charge >= 0.3 is 6.18 Å². The van der Waals surface area contributed by atoms with Crippen LogP contribution in [0.25, 0.3) is 0 Å². The molecule has 0 unspecified atom stereocenters. The predicted octanol–water partition coefficient (Wildman–Crippen LogP) is 5.90. The third-order valence-electron chi connectivity index (χ3n) is 3.43. The largest absolute Gasteiger partial charge is 0.417 e. The van der Waals surface area contributed by atoms with Crippen LogP contribution < -0.4 is 5.32 Å². The molecule has 0 spiro atoms. The van der Waals surface area contributed by atoms with Gasteiger partial charge in [0.05, 0.1) is 16.2 Å². The van der Waals surface area contributed by atoms with E-state index in [0.717, 1.165) is 18.7 Å². The van der Waals surface area contributed by atoms with Crippen LogP contribution in [0.4, 0.5) is 18.9 Å². The number of carbonyl (C=O) groups excluding carboxylic acids is 1. The van der Waals surface area contributed by atoms with Gasteiger partial charge in [-0.05, 0) is 36.8 Å². The molecule has 0 aliphatic carbocycles. The second-order valence-electron chi connectivity index (χ2n) is 5.36. The van der Waals surface area contributed by atoms with Crippen molar-refractivity contribution in [1.29, 1.82) is 0 Å². The lowest BCUT2D eigenvalue weighted by atomic mass is 10.1. The summed E-state index contributed by atoms with van der Waals surface area (Å²) in [6.07, 6.45) is -2.88. The molecule has 0 saturated carbocycles. The lowest BCUT2D eigenvalue weighted by Gasteiger charge is -2.15. The number of anilines is 1. The number of hydrogen-bond donors (Lipinski definition) is 1. The fourth-order valence-electron chi connectivity index (χ4n) is 1.94. The molecule has 2 aromatic rings. The molecule has 25 heavy (non-hydrogen) atoms. The molecule has 1 aromatic carbocycles. The van der Waals surface area contributed by atoms with E-state index in [4.69, 9.17) is 11.6 Å². The molecule has 0 bridgehead atoms. The van der Waals surface area contributed by atoms with Crippen molar-refractivity contribution in [1.82, 2.24) is 4.98 Å². The van der Waals surface area contributed by atoms with Crippen LogP contribution >= 0.6 is 23.4 Å². The number of carbonyl (C=O) groups is 1. The summed E-state index contributed by atoms with van der Waals surface area (Å²) in [7, 11) is 0. The Morgan fingerprint density at radius 2 is 1.96 bits per heavy atom. The zero-order valence-corrected chi connectivity index (χ0v) is 15.1. The number of pyridine rings is 1. The third kappa shape index (κ3) is 5.37. The number of hydrogen-bond acceptors (Lipinski definition) is 3. The quantitative estimate of drug-likeness (QED) is 0.648. The second kappa shape index (κ2) is 8.10. The zero-order chi connectivity index (χ0) is 18.6. The van der Waals surface area contributed by atoms with Crippen LogP contribution in [0.5, 0.6) is 0 Å². The molecule has 8 heteroatoms. The molecule has 1 aromatic heterocycles. The Labute approximate surface area is 153 Å². The Morgan fingerprint density at radius 3 is 2.52 bits per heavy atom. The van der Waals surface area contributed by atoms with Gasteiger partial charge in [-0.3, -0.25) is 4.79 Å². The van der Waals surface area contributed by atoms with E-state index in [0.29, 0.717) is 10.7 Å². The van der Waals surface area contributed by atoms with Crippen LogP contribution in [0.2, 0.25) is 5.02 Å². The SMILES string of the molecule is CC[C@H](C)Sc1cc(C(F)(F)F)c(C(=O)Nc2ccc(Cl)cc2)cn1. The maximum Gasteiger partial charge on any atom is 0.417 e. The Hall–Kier alpha value is -1.73. The highest BCUT2D eigenvalue weighted by atomic mass is 35.5. The van der Waals surface area contributed by atoms with Gasteiger partial charge < -0.3 is 5.32 Å². The van der Waals surface area contributed by atoms with Crippen LogP contribution in [0.3, 0.4) is 0 Å². The summed E-state index contributed by atoms with van der Waals surface area (Å²) in [6.45, 7) is 3.84. The Balaban J connectivity index is 2.32. The Bertz CT molecular complexity index is 751. The smallest absolute Gasteiger partial charge is 0.322 e. The van der Waals surface area contributed by atoms with Crippen molar-refractivity contribution in [3.05, 3.63) is 52.7 Å².